The van der Waals surface area contributed by atoms with Gasteiger partial charge in [-0.2, -0.15) is 13.2 Å². The van der Waals surface area contributed by atoms with Gasteiger partial charge in [0.25, 0.3) is 0 Å². The zero-order chi connectivity index (χ0) is 27.5. The number of benzene rings is 1. The highest BCUT2D eigenvalue weighted by Crippen LogP contribution is 2.44. The van der Waals surface area contributed by atoms with Crippen LogP contribution in [0.2, 0.25) is 18.1 Å². The fourth-order valence-electron chi connectivity index (χ4n) is 3.04. The quantitative estimate of drug-likeness (QED) is 0.114. The Morgan fingerprint density at radius 1 is 1.08 bits per heavy atom. The third-order valence-electron chi connectivity index (χ3n) is 6.25. The molecule has 0 aliphatic heterocycles. The molecule has 2 atom stereocenters. The first-order valence-electron chi connectivity index (χ1n) is 11.5. The zero-order valence-corrected chi connectivity index (χ0v) is 22.9. The van der Waals surface area contributed by atoms with Crippen molar-refractivity contribution in [1.82, 2.24) is 0 Å². The van der Waals surface area contributed by atoms with Crippen LogP contribution in [0.15, 0.2) is 46.1 Å². The Morgan fingerprint density at radius 3 is 2.14 bits per heavy atom. The largest absolute Gasteiger partial charge is 0.468 e. The van der Waals surface area contributed by atoms with Crippen molar-refractivity contribution in [2.75, 3.05) is 6.61 Å². The molecule has 7 nitrogen and oxygen atoms in total. The van der Waals surface area contributed by atoms with Gasteiger partial charge in [-0.1, -0.05) is 38.0 Å². The van der Waals surface area contributed by atoms with E-state index in [1.807, 2.05) is 33.9 Å². The Bertz CT molecular complexity index is 1090. The van der Waals surface area contributed by atoms with Gasteiger partial charge in [0.15, 0.2) is 8.32 Å². The summed E-state index contributed by atoms with van der Waals surface area (Å²) in [6, 6.07) is 5.40. The first-order chi connectivity index (χ1) is 16.4. The highest BCUT2D eigenvalue weighted by Gasteiger charge is 2.41. The summed E-state index contributed by atoms with van der Waals surface area (Å²) in [6.45, 7) is 15.0. The van der Waals surface area contributed by atoms with Gasteiger partial charge in [-0.05, 0) is 68.2 Å². The fraction of sp³-hybridized carbons (Fsp3) is 0.560. The van der Waals surface area contributed by atoms with Crippen molar-refractivity contribution in [3.8, 4) is 0 Å². The van der Waals surface area contributed by atoms with E-state index < -0.39 is 43.6 Å². The molecule has 0 bridgehead atoms. The Kier molecular flexibility index (Phi) is 8.76. The van der Waals surface area contributed by atoms with E-state index in [4.69, 9.17) is 19.1 Å². The summed E-state index contributed by atoms with van der Waals surface area (Å²) in [5, 5.41) is 3.56. The second kappa shape index (κ2) is 10.7. The minimum absolute atomic E-state index is 0.201. The lowest BCUT2D eigenvalue weighted by Crippen LogP contribution is -2.42. The molecule has 36 heavy (non-hydrogen) atoms. The number of esters is 1. The molecule has 1 aromatic heterocycles. The van der Waals surface area contributed by atoms with Crippen molar-refractivity contribution in [2.45, 2.75) is 78.0 Å². The number of hydrogen-bond donors (Lipinski definition) is 0. The van der Waals surface area contributed by atoms with Crippen LogP contribution in [0, 0.1) is 5.41 Å². The third kappa shape index (κ3) is 7.15. The number of carbonyl (C=O) groups excluding carboxylic acids is 1. The van der Waals surface area contributed by atoms with Crippen LogP contribution < -0.4 is 0 Å². The van der Waals surface area contributed by atoms with E-state index in [2.05, 4.69) is 10.0 Å². The molecule has 0 spiro atoms. The first-order valence-corrected chi connectivity index (χ1v) is 14.4. The molecule has 1 aromatic carbocycles. The predicted octanol–water partition coefficient (Wildman–Crippen LogP) is 8.35. The molecule has 0 amide bonds. The highest BCUT2D eigenvalue weighted by molar-refractivity contribution is 6.74. The second-order valence-electron chi connectivity index (χ2n) is 11.2. The van der Waals surface area contributed by atoms with Crippen LogP contribution in [0.25, 0.3) is 10.4 Å². The molecule has 0 radical (unpaired) electrons. The molecule has 1 heterocycles. The average Bonchev–Trinajstić information content (AvgIpc) is 3.22. The van der Waals surface area contributed by atoms with Crippen LogP contribution in [0.4, 0.5) is 13.2 Å². The van der Waals surface area contributed by atoms with Crippen LogP contribution in [0.5, 0.6) is 0 Å². The molecule has 0 aliphatic carbocycles. The number of ether oxygens (including phenoxy) is 1. The third-order valence-corrected chi connectivity index (χ3v) is 10.7. The van der Waals surface area contributed by atoms with E-state index >= 15 is 0 Å². The van der Waals surface area contributed by atoms with Gasteiger partial charge in [0, 0.05) is 10.5 Å². The van der Waals surface area contributed by atoms with E-state index in [0.717, 1.165) is 12.1 Å². The second-order valence-corrected chi connectivity index (χ2v) is 15.9. The highest BCUT2D eigenvalue weighted by atomic mass is 28.4. The molecule has 0 saturated heterocycles. The van der Waals surface area contributed by atoms with Gasteiger partial charge in [0.05, 0.1) is 23.3 Å². The number of alkyl halides is 3. The molecule has 0 saturated carbocycles. The fourth-order valence-corrected chi connectivity index (χ4v) is 4.25. The Balaban J connectivity index is 2.56. The summed E-state index contributed by atoms with van der Waals surface area (Å²) in [4.78, 5) is 15.2. The molecule has 0 fully saturated rings. The minimum atomic E-state index is -4.47. The maximum absolute atomic E-state index is 13.2. The number of rotatable bonds is 8. The average molecular weight is 526 g/mol. The van der Waals surface area contributed by atoms with E-state index in [1.165, 1.54) is 18.4 Å². The minimum Gasteiger partial charge on any atom is -0.468 e. The summed E-state index contributed by atoms with van der Waals surface area (Å²) in [6.07, 6.45) is -3.88. The Labute approximate surface area is 210 Å². The maximum atomic E-state index is 13.2. The topological polar surface area (TPSA) is 97.4 Å². The lowest BCUT2D eigenvalue weighted by Gasteiger charge is -2.39. The molecule has 198 valence electrons. The van der Waals surface area contributed by atoms with Crippen LogP contribution in [-0.2, 0) is 20.1 Å². The van der Waals surface area contributed by atoms with E-state index in [9.17, 15) is 18.0 Å². The SMILES string of the molecule is CC(C)(C)C(=O)OC[C@H](N=[N+]=[N-])c1occc1[C@H](O[Si](C)(C)C(C)(C)C)c1ccc(C(F)(F)F)cc1. The van der Waals surface area contributed by atoms with Crippen molar-refractivity contribution < 1.29 is 31.5 Å². The van der Waals surface area contributed by atoms with Gasteiger partial charge < -0.3 is 13.6 Å². The molecule has 0 unspecified atom stereocenters. The summed E-state index contributed by atoms with van der Waals surface area (Å²) in [5.41, 5.74) is 8.59. The standard InChI is InChI=1S/C25H34F3N3O4Si/c1-23(2,3)22(32)34-15-19(30-31-29)21-18(13-14-33-21)20(35-36(7,8)24(4,5)6)16-9-11-17(12-10-16)25(26,27)28/h9-14,19-20H,15H2,1-8H3/t19-,20+/m0/s1. The van der Waals surface area contributed by atoms with Crippen molar-refractivity contribution in [3.05, 3.63) is 69.5 Å². The molecule has 2 aromatic rings. The number of furan rings is 1. The van der Waals surface area contributed by atoms with Crippen LogP contribution in [-0.4, -0.2) is 20.9 Å². The van der Waals surface area contributed by atoms with Gasteiger partial charge >= 0.3 is 12.1 Å². The summed E-state index contributed by atoms with van der Waals surface area (Å²) in [5.74, 6) is -0.260. The van der Waals surface area contributed by atoms with Crippen LogP contribution >= 0.6 is 0 Å². The molecule has 2 rings (SSSR count). The predicted molar refractivity (Wildman–Crippen MR) is 133 cm³/mol. The van der Waals surface area contributed by atoms with Crippen LogP contribution in [0.1, 0.15) is 76.1 Å². The molecular weight excluding hydrogens is 491 g/mol. The first kappa shape index (κ1) is 29.5. The van der Waals surface area contributed by atoms with Gasteiger partial charge in [-0.25, -0.2) is 0 Å². The Morgan fingerprint density at radius 2 is 1.67 bits per heavy atom. The van der Waals surface area contributed by atoms with Crippen molar-refractivity contribution in [3.63, 3.8) is 0 Å². The maximum Gasteiger partial charge on any atom is 0.416 e. The Hall–Kier alpha value is -2.75. The number of nitrogens with zero attached hydrogens (tertiary/aromatic N) is 3. The molecule has 0 aliphatic rings. The normalized spacial score (nSPS) is 14.6. The zero-order valence-electron chi connectivity index (χ0n) is 21.9. The molecule has 11 heteroatoms. The van der Waals surface area contributed by atoms with Crippen molar-refractivity contribution in [2.24, 2.45) is 10.5 Å². The van der Waals surface area contributed by atoms with Crippen molar-refractivity contribution in [1.29, 1.82) is 0 Å². The summed E-state index contributed by atoms with van der Waals surface area (Å²) >= 11 is 0. The van der Waals surface area contributed by atoms with E-state index in [0.29, 0.717) is 11.1 Å². The van der Waals surface area contributed by atoms with Crippen molar-refractivity contribution >= 4 is 14.3 Å². The van der Waals surface area contributed by atoms with Crippen LogP contribution in [0.3, 0.4) is 0 Å². The summed E-state index contributed by atoms with van der Waals surface area (Å²) in [7, 11) is -2.45. The number of carbonyl (C=O) groups is 1. The number of hydrogen-bond acceptors (Lipinski definition) is 5. The van der Waals surface area contributed by atoms with Gasteiger partial charge in [-0.15, -0.1) is 0 Å². The van der Waals surface area contributed by atoms with E-state index in [1.54, 1.807) is 26.8 Å². The summed E-state index contributed by atoms with van der Waals surface area (Å²) < 4.78 is 57.3. The lowest BCUT2D eigenvalue weighted by atomic mass is 9.97. The van der Waals surface area contributed by atoms with Gasteiger partial charge in [0.2, 0.25) is 0 Å². The number of azide groups is 1. The lowest BCUT2D eigenvalue weighted by molar-refractivity contribution is -0.153. The number of halogens is 3. The van der Waals surface area contributed by atoms with E-state index in [-0.39, 0.29) is 17.4 Å². The monoisotopic (exact) mass is 525 g/mol. The molecular formula is C25H34F3N3O4Si. The molecule has 0 N–H and O–H groups in total. The smallest absolute Gasteiger partial charge is 0.416 e. The van der Waals surface area contributed by atoms with Gasteiger partial charge in [-0.3, -0.25) is 4.79 Å². The van der Waals surface area contributed by atoms with Gasteiger partial charge in [0.1, 0.15) is 18.4 Å².